The van der Waals surface area contributed by atoms with Gasteiger partial charge < -0.3 is 24.8 Å². The first-order valence-corrected chi connectivity index (χ1v) is 11.0. The molecule has 0 amide bonds. The van der Waals surface area contributed by atoms with Gasteiger partial charge in [-0.2, -0.15) is 0 Å². The van der Waals surface area contributed by atoms with Crippen LogP contribution in [0.25, 0.3) is 0 Å². The smallest absolute Gasteiger partial charge is 0.308 e. The minimum Gasteiger partial charge on any atom is -0.493 e. The van der Waals surface area contributed by atoms with E-state index in [0.29, 0.717) is 19.3 Å². The molecule has 0 radical (unpaired) electrons. The second kappa shape index (κ2) is 13.0. The highest BCUT2D eigenvalue weighted by molar-refractivity contribution is 5.80. The minimum atomic E-state index is -0.0514. The molecular weight excluding hydrogens is 382 g/mol. The molecule has 1 saturated carbocycles. The SMILES string of the molecule is CCOC(=O)C1CCC(NC(=NC)NCCCc2ccc(OC)c(OCC)c2)CC1. The van der Waals surface area contributed by atoms with Gasteiger partial charge in [0.1, 0.15) is 0 Å². The van der Waals surface area contributed by atoms with Crippen LogP contribution in [0, 0.1) is 5.92 Å². The van der Waals surface area contributed by atoms with Gasteiger partial charge in [0, 0.05) is 19.6 Å². The minimum absolute atomic E-state index is 0.0454. The van der Waals surface area contributed by atoms with Crippen molar-refractivity contribution >= 4 is 11.9 Å². The third kappa shape index (κ3) is 7.43. The monoisotopic (exact) mass is 419 g/mol. The van der Waals surface area contributed by atoms with Crippen LogP contribution in [0.4, 0.5) is 0 Å². The highest BCUT2D eigenvalue weighted by atomic mass is 16.5. The number of carbonyl (C=O) groups is 1. The third-order valence-corrected chi connectivity index (χ3v) is 5.37. The average Bonchev–Trinajstić information content (AvgIpc) is 2.77. The van der Waals surface area contributed by atoms with Crippen molar-refractivity contribution in [2.45, 2.75) is 58.4 Å². The molecule has 7 heteroatoms. The zero-order valence-corrected chi connectivity index (χ0v) is 18.8. The zero-order valence-electron chi connectivity index (χ0n) is 18.8. The van der Waals surface area contributed by atoms with Crippen LogP contribution in [0.1, 0.15) is 51.5 Å². The molecule has 0 spiro atoms. The molecule has 2 N–H and O–H groups in total. The highest BCUT2D eigenvalue weighted by Gasteiger charge is 2.27. The first-order valence-electron chi connectivity index (χ1n) is 11.0. The van der Waals surface area contributed by atoms with Gasteiger partial charge in [-0.05, 0) is 70.1 Å². The lowest BCUT2D eigenvalue weighted by atomic mass is 9.86. The molecule has 1 aliphatic carbocycles. The largest absolute Gasteiger partial charge is 0.493 e. The van der Waals surface area contributed by atoms with Crippen LogP contribution in [-0.4, -0.2) is 51.9 Å². The van der Waals surface area contributed by atoms with Gasteiger partial charge in [0.2, 0.25) is 0 Å². The first kappa shape index (κ1) is 23.8. The van der Waals surface area contributed by atoms with Crippen molar-refractivity contribution in [1.29, 1.82) is 0 Å². The number of hydrogen-bond donors (Lipinski definition) is 2. The standard InChI is InChI=1S/C23H37N3O4/c1-5-29-21-16-17(9-14-20(21)28-4)8-7-15-25-23(24-3)26-19-12-10-18(11-13-19)22(27)30-6-2/h9,14,16,18-19H,5-8,10-13,15H2,1-4H3,(H2,24,25,26). The Balaban J connectivity index is 1.71. The summed E-state index contributed by atoms with van der Waals surface area (Å²) in [6, 6.07) is 6.44. The van der Waals surface area contributed by atoms with E-state index in [1.165, 1.54) is 5.56 Å². The second-order valence-electron chi connectivity index (χ2n) is 7.47. The van der Waals surface area contributed by atoms with E-state index in [1.807, 2.05) is 19.9 Å². The summed E-state index contributed by atoms with van der Waals surface area (Å²) in [5.74, 6) is 2.37. The maximum Gasteiger partial charge on any atom is 0.308 e. The molecule has 0 heterocycles. The van der Waals surface area contributed by atoms with Crippen LogP contribution in [0.15, 0.2) is 23.2 Å². The fourth-order valence-electron chi connectivity index (χ4n) is 3.77. The molecule has 1 fully saturated rings. The van der Waals surface area contributed by atoms with E-state index in [0.717, 1.165) is 62.5 Å². The Labute approximate surface area is 180 Å². The fourth-order valence-corrected chi connectivity index (χ4v) is 3.77. The van der Waals surface area contributed by atoms with E-state index in [9.17, 15) is 4.79 Å². The van der Waals surface area contributed by atoms with Gasteiger partial charge in [-0.15, -0.1) is 0 Å². The Morgan fingerprint density at radius 2 is 1.90 bits per heavy atom. The zero-order chi connectivity index (χ0) is 21.8. The molecule has 2 rings (SSSR count). The van der Waals surface area contributed by atoms with Crippen molar-refractivity contribution in [2.75, 3.05) is 33.9 Å². The van der Waals surface area contributed by atoms with Crippen molar-refractivity contribution < 1.29 is 19.0 Å². The lowest BCUT2D eigenvalue weighted by Gasteiger charge is -2.29. The Kier molecular flexibility index (Phi) is 10.3. The van der Waals surface area contributed by atoms with Gasteiger partial charge in [-0.1, -0.05) is 6.07 Å². The molecule has 0 unspecified atom stereocenters. The Morgan fingerprint density at radius 3 is 2.53 bits per heavy atom. The topological polar surface area (TPSA) is 81.2 Å². The number of aliphatic imine (C=N–C) groups is 1. The van der Waals surface area contributed by atoms with Gasteiger partial charge >= 0.3 is 5.97 Å². The number of guanidine groups is 1. The molecule has 0 aromatic heterocycles. The number of methoxy groups -OCH3 is 1. The summed E-state index contributed by atoms with van der Waals surface area (Å²) >= 11 is 0. The van der Waals surface area contributed by atoms with Gasteiger partial charge in [0.25, 0.3) is 0 Å². The van der Waals surface area contributed by atoms with Crippen LogP contribution < -0.4 is 20.1 Å². The van der Waals surface area contributed by atoms with Gasteiger partial charge in [-0.3, -0.25) is 9.79 Å². The second-order valence-corrected chi connectivity index (χ2v) is 7.47. The highest BCUT2D eigenvalue weighted by Crippen LogP contribution is 2.28. The number of hydrogen-bond acceptors (Lipinski definition) is 5. The molecular formula is C23H37N3O4. The summed E-state index contributed by atoms with van der Waals surface area (Å²) in [6.07, 6.45) is 5.57. The van der Waals surface area contributed by atoms with E-state index in [2.05, 4.69) is 27.8 Å². The number of ether oxygens (including phenoxy) is 3. The number of rotatable bonds is 10. The molecule has 30 heavy (non-hydrogen) atoms. The molecule has 0 aliphatic heterocycles. The van der Waals surface area contributed by atoms with Gasteiger partial charge in [-0.25, -0.2) is 0 Å². The third-order valence-electron chi connectivity index (χ3n) is 5.37. The maximum absolute atomic E-state index is 11.9. The van der Waals surface area contributed by atoms with E-state index < -0.39 is 0 Å². The summed E-state index contributed by atoms with van der Waals surface area (Å²) < 4.78 is 16.1. The van der Waals surface area contributed by atoms with E-state index in [1.54, 1.807) is 14.2 Å². The lowest BCUT2D eigenvalue weighted by Crippen LogP contribution is -2.45. The fraction of sp³-hybridized carbons (Fsp3) is 0.652. The van der Waals surface area contributed by atoms with Crippen LogP contribution >= 0.6 is 0 Å². The van der Waals surface area contributed by atoms with E-state index in [-0.39, 0.29) is 11.9 Å². The number of carbonyl (C=O) groups excluding carboxylic acids is 1. The predicted molar refractivity (Wildman–Crippen MR) is 119 cm³/mol. The predicted octanol–water partition coefficient (Wildman–Crippen LogP) is 3.31. The van der Waals surface area contributed by atoms with E-state index in [4.69, 9.17) is 14.2 Å². The average molecular weight is 420 g/mol. The van der Waals surface area contributed by atoms with Crippen molar-refractivity contribution in [3.63, 3.8) is 0 Å². The summed E-state index contributed by atoms with van der Waals surface area (Å²) in [4.78, 5) is 16.2. The molecule has 7 nitrogen and oxygen atoms in total. The molecule has 1 aromatic carbocycles. The van der Waals surface area contributed by atoms with Crippen LogP contribution in [-0.2, 0) is 16.0 Å². The number of benzene rings is 1. The summed E-state index contributed by atoms with van der Waals surface area (Å²) in [7, 11) is 3.45. The molecule has 1 aliphatic rings. The first-order chi connectivity index (χ1) is 14.6. The maximum atomic E-state index is 11.9. The van der Waals surface area contributed by atoms with Crippen molar-refractivity contribution in [1.82, 2.24) is 10.6 Å². The van der Waals surface area contributed by atoms with E-state index >= 15 is 0 Å². The number of nitrogens with zero attached hydrogens (tertiary/aromatic N) is 1. The molecule has 168 valence electrons. The summed E-state index contributed by atoms with van der Waals surface area (Å²) in [5, 5.41) is 6.88. The summed E-state index contributed by atoms with van der Waals surface area (Å²) in [6.45, 7) is 5.72. The summed E-state index contributed by atoms with van der Waals surface area (Å²) in [5.41, 5.74) is 1.22. The number of esters is 1. The lowest BCUT2D eigenvalue weighted by molar-refractivity contribution is -0.149. The normalized spacial score (nSPS) is 19.1. The van der Waals surface area contributed by atoms with Gasteiger partial charge in [0.15, 0.2) is 17.5 Å². The van der Waals surface area contributed by atoms with Crippen molar-refractivity contribution in [3.8, 4) is 11.5 Å². The van der Waals surface area contributed by atoms with Crippen molar-refractivity contribution in [3.05, 3.63) is 23.8 Å². The number of aryl methyl sites for hydroxylation is 1. The van der Waals surface area contributed by atoms with Crippen LogP contribution in [0.3, 0.4) is 0 Å². The van der Waals surface area contributed by atoms with Crippen LogP contribution in [0.5, 0.6) is 11.5 Å². The van der Waals surface area contributed by atoms with Gasteiger partial charge in [0.05, 0.1) is 26.2 Å². The quantitative estimate of drug-likeness (QED) is 0.262. The number of nitrogens with one attached hydrogen (secondary N) is 2. The van der Waals surface area contributed by atoms with Crippen LogP contribution in [0.2, 0.25) is 0 Å². The molecule has 0 atom stereocenters. The Bertz CT molecular complexity index is 685. The Morgan fingerprint density at radius 1 is 1.13 bits per heavy atom. The molecule has 1 aromatic rings. The van der Waals surface area contributed by atoms with Crippen molar-refractivity contribution in [2.24, 2.45) is 10.9 Å². The Hall–Kier alpha value is -2.44. The molecule has 0 saturated heterocycles. The molecule has 0 bridgehead atoms.